The molecule has 12 heteroatoms. The van der Waals surface area contributed by atoms with Crippen LogP contribution >= 0.6 is 11.3 Å². The summed E-state index contributed by atoms with van der Waals surface area (Å²) in [6.07, 6.45) is 1.37. The second-order valence-electron chi connectivity index (χ2n) is 6.53. The molecule has 1 amide bonds. The van der Waals surface area contributed by atoms with Crippen molar-refractivity contribution in [2.75, 3.05) is 5.73 Å². The zero-order chi connectivity index (χ0) is 21.8. The Hall–Kier alpha value is -3.67. The number of nitrogens with one attached hydrogen (secondary N) is 1. The molecule has 11 nitrogen and oxygen atoms in total. The van der Waals surface area contributed by atoms with Crippen LogP contribution in [0.15, 0.2) is 23.8 Å². The molecule has 3 heterocycles. The van der Waals surface area contributed by atoms with Gasteiger partial charge in [0.15, 0.2) is 5.82 Å². The van der Waals surface area contributed by atoms with E-state index in [1.807, 2.05) is 0 Å². The molecule has 0 saturated heterocycles. The third kappa shape index (κ3) is 4.84. The topological polar surface area (TPSA) is 181 Å². The molecule has 3 rings (SSSR count). The maximum atomic E-state index is 12.3. The number of nitrogens with two attached hydrogens (primary N) is 1. The Kier molecular flexibility index (Phi) is 6.16. The average Bonchev–Trinajstić information content (AvgIpc) is 3.30. The molecule has 2 aliphatic rings. The second kappa shape index (κ2) is 8.78. The Morgan fingerprint density at radius 2 is 2.03 bits per heavy atom. The van der Waals surface area contributed by atoms with Gasteiger partial charge in [0.2, 0.25) is 5.88 Å². The number of aromatic hydroxyl groups is 1. The summed E-state index contributed by atoms with van der Waals surface area (Å²) in [4.78, 5) is 43.1. The fourth-order valence-corrected chi connectivity index (χ4v) is 3.67. The number of fused-ring (bicyclic) bond motifs is 1. The first-order valence-electron chi connectivity index (χ1n) is 8.87. The van der Waals surface area contributed by atoms with Gasteiger partial charge in [-0.15, -0.1) is 11.3 Å². The summed E-state index contributed by atoms with van der Waals surface area (Å²) in [6, 6.07) is 1.88. The molecule has 1 atom stereocenters. The number of hydrogen-bond donors (Lipinski definition) is 5. The number of carboxylic acids is 2. The summed E-state index contributed by atoms with van der Waals surface area (Å²) in [6.45, 7) is 0.387. The molecule has 0 aliphatic carbocycles. The standard InChI is InChI=1S/C18H19N5O6S/c19-13-6-11-15(22-13)20-8-23(17(11)27)4-3-10-5-9(7-30-10)16(26)21-12(18(28)29)1-2-14(24)25/h5-8,12,27H,1-4,19H2,(H,21,26)(H,24,25)(H,28,29)/t12-/m0/s1. The van der Waals surface area contributed by atoms with Crippen LogP contribution in [0.1, 0.15) is 28.1 Å². The molecule has 30 heavy (non-hydrogen) atoms. The minimum atomic E-state index is -1.29. The largest absolute Gasteiger partial charge is 0.494 e. The van der Waals surface area contributed by atoms with Gasteiger partial charge in [-0.25, -0.2) is 14.8 Å². The molecule has 1 aromatic rings. The number of aliphatic carboxylic acids is 2. The molecule has 0 aromatic carbocycles. The van der Waals surface area contributed by atoms with Crippen LogP contribution in [0, 0.1) is 0 Å². The van der Waals surface area contributed by atoms with Gasteiger partial charge in [-0.05, 0) is 25.0 Å². The van der Waals surface area contributed by atoms with Gasteiger partial charge < -0.3 is 30.9 Å². The van der Waals surface area contributed by atoms with Crippen molar-refractivity contribution >= 4 is 35.0 Å². The number of nitrogens with zero attached hydrogens (tertiary/aromatic N) is 3. The SMILES string of the molecule is Nc1cc2c(O)n(CCc3cc(C(=O)N[C@@H](CCC(=O)O)C(=O)O)cs3)cnc-2n1. The highest BCUT2D eigenvalue weighted by Crippen LogP contribution is 2.30. The quantitative estimate of drug-likeness (QED) is 0.329. The van der Waals surface area contributed by atoms with Crippen molar-refractivity contribution < 1.29 is 29.7 Å². The monoisotopic (exact) mass is 433 g/mol. The average molecular weight is 433 g/mol. The third-order valence-corrected chi connectivity index (χ3v) is 5.36. The Bertz CT molecular complexity index is 1060. The molecular formula is C18H19N5O6S. The molecule has 0 saturated carbocycles. The molecule has 2 aliphatic heterocycles. The van der Waals surface area contributed by atoms with Crippen LogP contribution in [0.4, 0.5) is 5.82 Å². The lowest BCUT2D eigenvalue weighted by Crippen LogP contribution is -2.41. The van der Waals surface area contributed by atoms with Gasteiger partial charge in [0.05, 0.1) is 17.5 Å². The van der Waals surface area contributed by atoms with E-state index < -0.39 is 23.9 Å². The van der Waals surface area contributed by atoms with Crippen LogP contribution in [0.3, 0.4) is 0 Å². The molecule has 0 bridgehead atoms. The van der Waals surface area contributed by atoms with Crippen molar-refractivity contribution in [3.63, 3.8) is 0 Å². The summed E-state index contributed by atoms with van der Waals surface area (Å²) in [5.41, 5.74) is 6.35. The van der Waals surface area contributed by atoms with Crippen molar-refractivity contribution in [3.05, 3.63) is 34.3 Å². The molecule has 6 N–H and O–H groups in total. The highest BCUT2D eigenvalue weighted by atomic mass is 32.1. The number of carbonyl (C=O) groups excluding carboxylic acids is 1. The number of aromatic nitrogens is 3. The van der Waals surface area contributed by atoms with Gasteiger partial charge in [0, 0.05) is 23.2 Å². The predicted octanol–water partition coefficient (Wildman–Crippen LogP) is 1.02. The fraction of sp³-hybridized carbons (Fsp3) is 0.278. The van der Waals surface area contributed by atoms with Crippen LogP contribution in [0.2, 0.25) is 0 Å². The Labute approximate surface area is 174 Å². The number of nitrogen functional groups attached to an aromatic ring is 1. The minimum Gasteiger partial charge on any atom is -0.494 e. The van der Waals surface area contributed by atoms with E-state index in [0.717, 1.165) is 4.88 Å². The van der Waals surface area contributed by atoms with E-state index in [9.17, 15) is 19.5 Å². The third-order valence-electron chi connectivity index (χ3n) is 4.37. The maximum absolute atomic E-state index is 12.3. The molecular weight excluding hydrogens is 414 g/mol. The Morgan fingerprint density at radius 1 is 1.27 bits per heavy atom. The number of rotatable bonds is 9. The Morgan fingerprint density at radius 3 is 2.73 bits per heavy atom. The number of anilines is 1. The van der Waals surface area contributed by atoms with Crippen LogP contribution in [-0.2, 0) is 22.6 Å². The lowest BCUT2D eigenvalue weighted by molar-refractivity contribution is -0.140. The molecule has 0 radical (unpaired) electrons. The fourth-order valence-electron chi connectivity index (χ4n) is 2.82. The van der Waals surface area contributed by atoms with Gasteiger partial charge in [0.1, 0.15) is 11.9 Å². The molecule has 1 aromatic heterocycles. The number of thiophene rings is 1. The minimum absolute atomic E-state index is 0.0125. The van der Waals surface area contributed by atoms with E-state index in [-0.39, 0.29) is 30.1 Å². The van der Waals surface area contributed by atoms with E-state index in [1.54, 1.807) is 11.4 Å². The normalized spacial score (nSPS) is 12.0. The highest BCUT2D eigenvalue weighted by molar-refractivity contribution is 7.10. The van der Waals surface area contributed by atoms with Crippen molar-refractivity contribution in [3.8, 4) is 17.3 Å². The number of carboxylic acid groups (broad SMARTS) is 2. The predicted molar refractivity (Wildman–Crippen MR) is 107 cm³/mol. The number of amides is 1. The smallest absolute Gasteiger partial charge is 0.326 e. The van der Waals surface area contributed by atoms with Crippen molar-refractivity contribution in [2.24, 2.45) is 0 Å². The first-order valence-corrected chi connectivity index (χ1v) is 9.75. The maximum Gasteiger partial charge on any atom is 0.326 e. The first-order chi connectivity index (χ1) is 14.2. The van der Waals surface area contributed by atoms with E-state index >= 15 is 0 Å². The van der Waals surface area contributed by atoms with Gasteiger partial charge >= 0.3 is 11.9 Å². The summed E-state index contributed by atoms with van der Waals surface area (Å²) < 4.78 is 1.54. The van der Waals surface area contributed by atoms with E-state index in [2.05, 4.69) is 15.3 Å². The number of carbonyl (C=O) groups is 3. The molecule has 158 valence electrons. The van der Waals surface area contributed by atoms with E-state index in [0.29, 0.717) is 24.4 Å². The zero-order valence-corrected chi connectivity index (χ0v) is 16.4. The number of hydrogen-bond acceptors (Lipinski definition) is 8. The van der Waals surface area contributed by atoms with Gasteiger partial charge in [0.25, 0.3) is 5.91 Å². The van der Waals surface area contributed by atoms with Gasteiger partial charge in [-0.3, -0.25) is 9.59 Å². The first kappa shape index (κ1) is 21.0. The van der Waals surface area contributed by atoms with Crippen LogP contribution < -0.4 is 11.1 Å². The van der Waals surface area contributed by atoms with Crippen molar-refractivity contribution in [2.45, 2.75) is 31.8 Å². The molecule has 0 fully saturated rings. The Balaban J connectivity index is 1.63. The van der Waals surface area contributed by atoms with E-state index in [1.165, 1.54) is 28.3 Å². The molecule has 0 spiro atoms. The van der Waals surface area contributed by atoms with Crippen molar-refractivity contribution in [1.82, 2.24) is 19.9 Å². The second-order valence-corrected chi connectivity index (χ2v) is 7.52. The van der Waals surface area contributed by atoms with Gasteiger partial charge in [-0.1, -0.05) is 0 Å². The van der Waals surface area contributed by atoms with Crippen LogP contribution in [-0.4, -0.2) is 53.7 Å². The van der Waals surface area contributed by atoms with E-state index in [4.69, 9.17) is 15.9 Å². The summed E-state index contributed by atoms with van der Waals surface area (Å²) in [5.74, 6) is -2.41. The lowest BCUT2D eigenvalue weighted by Gasteiger charge is -2.12. The summed E-state index contributed by atoms with van der Waals surface area (Å²) >= 11 is 1.31. The van der Waals surface area contributed by atoms with Gasteiger partial charge in [-0.2, -0.15) is 0 Å². The summed E-state index contributed by atoms with van der Waals surface area (Å²) in [5, 5.41) is 32.1. The zero-order valence-electron chi connectivity index (χ0n) is 15.6. The molecule has 0 unspecified atom stereocenters. The van der Waals surface area contributed by atoms with Crippen molar-refractivity contribution in [1.29, 1.82) is 0 Å². The van der Waals surface area contributed by atoms with Crippen LogP contribution in [0.5, 0.6) is 5.88 Å². The van der Waals surface area contributed by atoms with Crippen LogP contribution in [0.25, 0.3) is 11.4 Å². The lowest BCUT2D eigenvalue weighted by atomic mass is 10.1. The number of aryl methyl sites for hydroxylation is 2. The summed E-state index contributed by atoms with van der Waals surface area (Å²) in [7, 11) is 0. The highest BCUT2D eigenvalue weighted by Gasteiger charge is 2.22.